The molecule has 4 heterocycles. The zero-order chi connectivity index (χ0) is 18.2. The van der Waals surface area contributed by atoms with Crippen molar-refractivity contribution in [3.63, 3.8) is 0 Å². The number of nitrogens with zero attached hydrogens (tertiary/aromatic N) is 5. The van der Waals surface area contributed by atoms with Gasteiger partial charge in [-0.25, -0.2) is 4.98 Å². The summed E-state index contributed by atoms with van der Waals surface area (Å²) in [6.07, 6.45) is 2.55. The van der Waals surface area contributed by atoms with Crippen molar-refractivity contribution in [2.75, 3.05) is 31.5 Å². The van der Waals surface area contributed by atoms with Crippen molar-refractivity contribution < 1.29 is 0 Å². The fourth-order valence-corrected chi connectivity index (χ4v) is 5.07. The molecule has 0 aliphatic carbocycles. The minimum Gasteiger partial charge on any atom is -0.368 e. The summed E-state index contributed by atoms with van der Waals surface area (Å²) in [6.45, 7) is 6.07. The number of anilines is 1. The maximum atomic E-state index is 4.98. The van der Waals surface area contributed by atoms with E-state index in [1.165, 1.54) is 34.9 Å². The minimum absolute atomic E-state index is 0.548. The van der Waals surface area contributed by atoms with E-state index in [-0.39, 0.29) is 0 Å². The fraction of sp³-hybridized carbons (Fsp3) is 0.400. The number of likely N-dealkylation sites (tertiary alicyclic amines) is 1. The van der Waals surface area contributed by atoms with Crippen LogP contribution >= 0.6 is 11.3 Å². The lowest BCUT2D eigenvalue weighted by Crippen LogP contribution is -2.34. The Kier molecular flexibility index (Phi) is 4.33. The number of benzene rings is 1. The minimum atomic E-state index is 0.548. The molecule has 1 N–H and O–H groups in total. The molecule has 6 nitrogen and oxygen atoms in total. The molecule has 0 bridgehead atoms. The maximum absolute atomic E-state index is 4.98. The Labute approximate surface area is 162 Å². The van der Waals surface area contributed by atoms with Gasteiger partial charge in [-0.1, -0.05) is 19.1 Å². The van der Waals surface area contributed by atoms with Crippen LogP contribution in [0.25, 0.3) is 21.0 Å². The molecule has 1 saturated heterocycles. The van der Waals surface area contributed by atoms with Gasteiger partial charge in [0.05, 0.1) is 11.2 Å². The molecule has 0 radical (unpaired) electrons. The lowest BCUT2D eigenvalue weighted by Gasteiger charge is -2.23. The highest BCUT2D eigenvalue weighted by atomic mass is 32.1. The lowest BCUT2D eigenvalue weighted by molar-refractivity contribution is 0.277. The molecule has 0 saturated carbocycles. The first kappa shape index (κ1) is 16.8. The van der Waals surface area contributed by atoms with Crippen molar-refractivity contribution in [1.29, 1.82) is 0 Å². The largest absolute Gasteiger partial charge is 0.368 e. The topological polar surface area (TPSA) is 65.2 Å². The zero-order valence-corrected chi connectivity index (χ0v) is 16.2. The van der Waals surface area contributed by atoms with Crippen LogP contribution in [0.1, 0.15) is 25.3 Å². The van der Waals surface area contributed by atoms with E-state index in [2.05, 4.69) is 62.2 Å². The van der Waals surface area contributed by atoms with E-state index < -0.39 is 0 Å². The van der Waals surface area contributed by atoms with Gasteiger partial charge < -0.3 is 5.32 Å². The van der Waals surface area contributed by atoms with Gasteiger partial charge in [-0.05, 0) is 48.7 Å². The molecule has 138 valence electrons. The van der Waals surface area contributed by atoms with Crippen molar-refractivity contribution in [3.8, 4) is 0 Å². The molecule has 3 aromatic rings. The number of rotatable bonds is 5. The van der Waals surface area contributed by atoms with Gasteiger partial charge in [0.15, 0.2) is 0 Å². The molecule has 1 atom stereocenters. The fourth-order valence-electron chi connectivity index (χ4n) is 4.14. The first-order valence-electron chi connectivity index (χ1n) is 9.56. The van der Waals surface area contributed by atoms with Crippen LogP contribution in [0.3, 0.4) is 0 Å². The van der Waals surface area contributed by atoms with Gasteiger partial charge in [0.1, 0.15) is 12.4 Å². The van der Waals surface area contributed by atoms with Crippen molar-refractivity contribution in [2.45, 2.75) is 25.8 Å². The number of fused-ring (bicyclic) bond motifs is 3. The van der Waals surface area contributed by atoms with E-state index in [0.29, 0.717) is 12.6 Å². The number of aromatic nitrogens is 1. The summed E-state index contributed by atoms with van der Waals surface area (Å²) in [5.41, 5.74) is 2.96. The Morgan fingerprint density at radius 3 is 3.07 bits per heavy atom. The van der Waals surface area contributed by atoms with E-state index in [0.717, 1.165) is 35.7 Å². The summed E-state index contributed by atoms with van der Waals surface area (Å²) in [5.74, 6) is 0.988. The van der Waals surface area contributed by atoms with Gasteiger partial charge in [0.25, 0.3) is 0 Å². The first-order chi connectivity index (χ1) is 13.3. The molecule has 0 unspecified atom stereocenters. The molecular formula is C20H22N6S. The first-order valence-corrected chi connectivity index (χ1v) is 10.4. The predicted molar refractivity (Wildman–Crippen MR) is 112 cm³/mol. The molecule has 1 aromatic carbocycles. The predicted octanol–water partition coefficient (Wildman–Crippen LogP) is 4.52. The van der Waals surface area contributed by atoms with E-state index in [1.54, 1.807) is 11.3 Å². The van der Waals surface area contributed by atoms with Crippen LogP contribution in [-0.2, 0) is 0 Å². The van der Waals surface area contributed by atoms with Crippen molar-refractivity contribution >= 4 is 43.9 Å². The number of thiophene rings is 1. The van der Waals surface area contributed by atoms with Gasteiger partial charge in [0, 0.05) is 33.6 Å². The van der Waals surface area contributed by atoms with Gasteiger partial charge >= 0.3 is 0 Å². The summed E-state index contributed by atoms with van der Waals surface area (Å²) in [6, 6.07) is 9.14. The Hall–Kier alpha value is -2.38. The summed E-state index contributed by atoms with van der Waals surface area (Å²) in [4.78, 5) is 7.54. The molecule has 1 fully saturated rings. The van der Waals surface area contributed by atoms with E-state index in [4.69, 9.17) is 4.98 Å². The van der Waals surface area contributed by atoms with E-state index in [1.807, 2.05) is 0 Å². The summed E-state index contributed by atoms with van der Waals surface area (Å²) >= 11 is 1.77. The van der Waals surface area contributed by atoms with Crippen LogP contribution in [0.2, 0.25) is 0 Å². The number of hydrogen-bond donors (Lipinski definition) is 1. The van der Waals surface area contributed by atoms with Gasteiger partial charge in [-0.3, -0.25) is 4.90 Å². The Morgan fingerprint density at radius 2 is 2.22 bits per heavy atom. The van der Waals surface area contributed by atoms with Gasteiger partial charge in [-0.15, -0.1) is 16.4 Å². The van der Waals surface area contributed by atoms with Gasteiger partial charge in [0.2, 0.25) is 0 Å². The third-order valence-corrected chi connectivity index (χ3v) is 6.54. The average Bonchev–Trinajstić information content (AvgIpc) is 3.46. The maximum Gasteiger partial charge on any atom is 0.135 e. The molecule has 5 rings (SSSR count). The highest BCUT2D eigenvalue weighted by Crippen LogP contribution is 2.34. The van der Waals surface area contributed by atoms with Crippen LogP contribution in [0, 0.1) is 0 Å². The van der Waals surface area contributed by atoms with Crippen molar-refractivity contribution in [2.24, 2.45) is 15.4 Å². The quantitative estimate of drug-likeness (QED) is 0.710. The number of hydrogen-bond acceptors (Lipinski definition) is 7. The molecule has 2 aliphatic heterocycles. The molecule has 27 heavy (non-hydrogen) atoms. The smallest absolute Gasteiger partial charge is 0.135 e. The van der Waals surface area contributed by atoms with E-state index in [9.17, 15) is 0 Å². The molecule has 2 aromatic heterocycles. The molecule has 2 aliphatic rings. The monoisotopic (exact) mass is 378 g/mol. The molecule has 0 spiro atoms. The van der Waals surface area contributed by atoms with Crippen molar-refractivity contribution in [3.05, 3.63) is 35.2 Å². The average molecular weight is 379 g/mol. The highest BCUT2D eigenvalue weighted by Gasteiger charge is 2.23. The molecule has 0 amide bonds. The van der Waals surface area contributed by atoms with Crippen molar-refractivity contribution in [1.82, 2.24) is 9.88 Å². The van der Waals surface area contributed by atoms with Crippen LogP contribution in [0.4, 0.5) is 5.82 Å². The molecule has 7 heteroatoms. The number of pyridine rings is 1. The number of likely N-dealkylation sites (N-methyl/N-ethyl adjacent to an activating group) is 1. The second-order valence-electron chi connectivity index (χ2n) is 7.10. The van der Waals surface area contributed by atoms with Gasteiger partial charge in [-0.2, -0.15) is 5.11 Å². The normalized spacial score (nSPS) is 20.0. The highest BCUT2D eigenvalue weighted by molar-refractivity contribution is 7.18. The SMILES string of the molecule is CCN1CCC[C@@H]1CNc1nc2cc(C3=NN=NC3)ccc2c2sccc12. The summed E-state index contributed by atoms with van der Waals surface area (Å²) in [5, 5.41) is 20.0. The molecular weight excluding hydrogens is 356 g/mol. The Bertz CT molecular complexity index is 1050. The Balaban J connectivity index is 1.51. The second-order valence-corrected chi connectivity index (χ2v) is 8.01. The Morgan fingerprint density at radius 1 is 1.26 bits per heavy atom. The van der Waals surface area contributed by atoms with Crippen LogP contribution in [0.5, 0.6) is 0 Å². The number of nitrogens with one attached hydrogen (secondary N) is 1. The third kappa shape index (κ3) is 3.00. The standard InChI is InChI=1S/C20H22N6S/c1-2-26-8-3-4-14(26)11-21-20-16-7-9-27-19(16)15-6-5-13(10-17(15)23-20)18-12-22-25-24-18/h5-7,9-10,14H,2-4,8,11-12H2,1H3,(H,21,23)/t14-/m1/s1. The van der Waals surface area contributed by atoms with E-state index >= 15 is 0 Å². The van der Waals surface area contributed by atoms with Crippen LogP contribution < -0.4 is 5.32 Å². The van der Waals surface area contributed by atoms with Crippen LogP contribution in [0.15, 0.2) is 45.1 Å². The third-order valence-electron chi connectivity index (χ3n) is 5.59. The van der Waals surface area contributed by atoms with Crippen LogP contribution in [-0.4, -0.2) is 47.8 Å². The summed E-state index contributed by atoms with van der Waals surface area (Å²) < 4.78 is 1.29. The summed E-state index contributed by atoms with van der Waals surface area (Å²) in [7, 11) is 0. The lowest BCUT2D eigenvalue weighted by atomic mass is 10.1. The second kappa shape index (κ2) is 6.98. The zero-order valence-electron chi connectivity index (χ0n) is 15.4.